The molecular weight excluding hydrogens is 495 g/mol. The van der Waals surface area contributed by atoms with Crippen molar-refractivity contribution in [3.05, 3.63) is 79.0 Å². The number of carbonyl (C=O) groups excluding carboxylic acids is 1. The average molecular weight is 523 g/mol. The summed E-state index contributed by atoms with van der Waals surface area (Å²) in [5.74, 6) is -1.26. The van der Waals surface area contributed by atoms with Gasteiger partial charge in [0, 0.05) is 33.1 Å². The van der Waals surface area contributed by atoms with Gasteiger partial charge in [-0.1, -0.05) is 43.1 Å². The molecule has 0 radical (unpaired) electrons. The number of benzene rings is 1. The van der Waals surface area contributed by atoms with Gasteiger partial charge in [-0.2, -0.15) is 0 Å². The van der Waals surface area contributed by atoms with Gasteiger partial charge >= 0.3 is 5.97 Å². The highest BCUT2D eigenvalue weighted by Gasteiger charge is 2.32. The highest BCUT2D eigenvalue weighted by Crippen LogP contribution is 2.48. The number of hydrogen-bond donors (Lipinski definition) is 2. The summed E-state index contributed by atoms with van der Waals surface area (Å²) in [6.07, 6.45) is 2.31. The first-order valence-corrected chi connectivity index (χ1v) is 12.8. The topological polar surface area (TPSA) is 88.4 Å². The van der Waals surface area contributed by atoms with E-state index in [0.717, 1.165) is 16.7 Å². The predicted molar refractivity (Wildman–Crippen MR) is 138 cm³/mol. The second-order valence-electron chi connectivity index (χ2n) is 8.91. The normalized spacial score (nSPS) is 17.4. The van der Waals surface area contributed by atoms with Crippen LogP contribution in [0.15, 0.2) is 52.3 Å². The molecule has 3 atom stereocenters. The van der Waals surface area contributed by atoms with E-state index in [1.165, 1.54) is 22.4 Å². The summed E-state index contributed by atoms with van der Waals surface area (Å²) in [5, 5.41) is 15.3. The molecule has 0 bridgehead atoms. The number of carboxylic acid groups (broad SMARTS) is 1. The molecule has 182 valence electrons. The minimum Gasteiger partial charge on any atom is -0.481 e. The van der Waals surface area contributed by atoms with E-state index in [1.54, 1.807) is 30.5 Å². The maximum atomic E-state index is 13.4. The Labute approximate surface area is 213 Å². The largest absolute Gasteiger partial charge is 0.481 e. The van der Waals surface area contributed by atoms with Gasteiger partial charge in [0.25, 0.3) is 5.56 Å². The van der Waals surface area contributed by atoms with Crippen molar-refractivity contribution < 1.29 is 14.7 Å². The molecule has 0 spiro atoms. The molecule has 0 fully saturated rings. The summed E-state index contributed by atoms with van der Waals surface area (Å²) >= 11 is 14.2. The standard InChI is InChI=1S/C25H28Cl2N2O4S/c1-14(2)9-20(29-8-7-15(3)10-22(29)30)25(33)28-19(12-23(31)32)16-11-21(34-13-16)24-17(26)5-4-6-18(24)27/h4-8,10,13-14,19-21H,9,11-12H2,1-3H3,(H,28,33)(H,31,32). The number of carbonyl (C=O) groups is 2. The summed E-state index contributed by atoms with van der Waals surface area (Å²) in [5.41, 5.74) is 2.14. The van der Waals surface area contributed by atoms with E-state index in [2.05, 4.69) is 5.32 Å². The molecule has 0 saturated carbocycles. The van der Waals surface area contributed by atoms with Crippen LogP contribution in [-0.4, -0.2) is 27.6 Å². The number of thioether (sulfide) groups is 1. The lowest BCUT2D eigenvalue weighted by molar-refractivity contribution is -0.137. The van der Waals surface area contributed by atoms with Gasteiger partial charge in [0.15, 0.2) is 0 Å². The number of nitrogens with one attached hydrogen (secondary N) is 1. The first kappa shape index (κ1) is 26.4. The van der Waals surface area contributed by atoms with E-state index in [0.29, 0.717) is 22.9 Å². The van der Waals surface area contributed by atoms with Gasteiger partial charge in [-0.15, -0.1) is 11.8 Å². The van der Waals surface area contributed by atoms with Gasteiger partial charge in [-0.25, -0.2) is 0 Å². The van der Waals surface area contributed by atoms with E-state index in [9.17, 15) is 19.5 Å². The number of nitrogens with zero attached hydrogens (tertiary/aromatic N) is 1. The molecule has 9 heteroatoms. The fourth-order valence-corrected chi connectivity index (χ4v) is 6.12. The second-order valence-corrected chi connectivity index (χ2v) is 10.8. The summed E-state index contributed by atoms with van der Waals surface area (Å²) in [4.78, 5) is 37.6. The maximum absolute atomic E-state index is 13.4. The molecule has 34 heavy (non-hydrogen) atoms. The van der Waals surface area contributed by atoms with E-state index in [4.69, 9.17) is 23.2 Å². The molecule has 0 aliphatic carbocycles. The van der Waals surface area contributed by atoms with Gasteiger partial charge in [0.05, 0.1) is 12.5 Å². The van der Waals surface area contributed by atoms with Gasteiger partial charge in [0.1, 0.15) is 6.04 Å². The zero-order valence-corrected chi connectivity index (χ0v) is 21.6. The van der Waals surface area contributed by atoms with Crippen LogP contribution < -0.4 is 10.9 Å². The van der Waals surface area contributed by atoms with E-state index >= 15 is 0 Å². The van der Waals surface area contributed by atoms with E-state index < -0.39 is 18.1 Å². The fraction of sp³-hybridized carbons (Fsp3) is 0.400. The third kappa shape index (κ3) is 6.46. The van der Waals surface area contributed by atoms with Gasteiger partial charge in [-0.05, 0) is 60.4 Å². The molecule has 2 aromatic rings. The highest BCUT2D eigenvalue weighted by atomic mass is 35.5. The fourth-order valence-electron chi connectivity index (χ4n) is 4.05. The molecule has 3 rings (SSSR count). The highest BCUT2D eigenvalue weighted by molar-refractivity contribution is 8.02. The van der Waals surface area contributed by atoms with Crippen molar-refractivity contribution in [2.24, 2.45) is 5.92 Å². The summed E-state index contributed by atoms with van der Waals surface area (Å²) in [7, 11) is 0. The van der Waals surface area contributed by atoms with Crippen molar-refractivity contribution in [3.63, 3.8) is 0 Å². The third-order valence-corrected chi connectivity index (χ3v) is 7.53. The molecule has 1 amide bonds. The number of carboxylic acids is 1. The Hall–Kier alpha value is -2.22. The average Bonchev–Trinajstić information content (AvgIpc) is 3.21. The van der Waals surface area contributed by atoms with Crippen molar-refractivity contribution in [2.75, 3.05) is 0 Å². The zero-order chi connectivity index (χ0) is 25.0. The van der Waals surface area contributed by atoms with Crippen LogP contribution in [0.4, 0.5) is 0 Å². The smallest absolute Gasteiger partial charge is 0.305 e. The van der Waals surface area contributed by atoms with Gasteiger partial charge in [-0.3, -0.25) is 14.4 Å². The Kier molecular flexibility index (Phi) is 8.90. The van der Waals surface area contributed by atoms with Gasteiger partial charge in [0.2, 0.25) is 5.91 Å². The van der Waals surface area contributed by atoms with Crippen molar-refractivity contribution in [3.8, 4) is 0 Å². The number of hydrogen-bond acceptors (Lipinski definition) is 4. The van der Waals surface area contributed by atoms with Crippen LogP contribution in [0, 0.1) is 12.8 Å². The van der Waals surface area contributed by atoms with E-state index in [1.807, 2.05) is 26.2 Å². The van der Waals surface area contributed by atoms with Crippen LogP contribution in [0.1, 0.15) is 55.5 Å². The van der Waals surface area contributed by atoms with E-state index in [-0.39, 0.29) is 29.1 Å². The first-order valence-electron chi connectivity index (χ1n) is 11.1. The van der Waals surface area contributed by atoms with Crippen LogP contribution >= 0.6 is 35.0 Å². The Morgan fingerprint density at radius 1 is 1.24 bits per heavy atom. The number of halogens is 2. The Balaban J connectivity index is 1.84. The lowest BCUT2D eigenvalue weighted by Crippen LogP contribution is -2.44. The molecule has 0 saturated heterocycles. The number of rotatable bonds is 9. The monoisotopic (exact) mass is 522 g/mol. The third-order valence-electron chi connectivity index (χ3n) is 5.71. The van der Waals surface area contributed by atoms with Crippen LogP contribution in [0.3, 0.4) is 0 Å². The summed E-state index contributed by atoms with van der Waals surface area (Å²) < 4.78 is 1.42. The van der Waals surface area contributed by atoms with Crippen LogP contribution in [0.5, 0.6) is 0 Å². The molecule has 6 nitrogen and oxygen atoms in total. The zero-order valence-electron chi connectivity index (χ0n) is 19.3. The van der Waals surface area contributed by atoms with Crippen LogP contribution in [-0.2, 0) is 9.59 Å². The summed E-state index contributed by atoms with van der Waals surface area (Å²) in [6.45, 7) is 5.77. The number of aromatic nitrogens is 1. The molecule has 2 N–H and O–H groups in total. The molecule has 3 unspecified atom stereocenters. The maximum Gasteiger partial charge on any atom is 0.305 e. The van der Waals surface area contributed by atoms with Crippen LogP contribution in [0.25, 0.3) is 0 Å². The number of amides is 1. The Morgan fingerprint density at radius 3 is 2.50 bits per heavy atom. The van der Waals surface area contributed by atoms with Crippen LogP contribution in [0.2, 0.25) is 10.0 Å². The molecule has 1 aliphatic heterocycles. The molecule has 1 aromatic heterocycles. The van der Waals surface area contributed by atoms with Crippen molar-refractivity contribution >= 4 is 46.8 Å². The first-order chi connectivity index (χ1) is 16.1. The van der Waals surface area contributed by atoms with Crippen molar-refractivity contribution in [2.45, 2.75) is 57.4 Å². The Bertz CT molecular complexity index is 1140. The SMILES string of the molecule is Cc1ccn(C(CC(C)C)C(=O)NC(CC(=O)O)C2=CSC(c3c(Cl)cccc3Cl)C2)c(=O)c1. The quantitative estimate of drug-likeness (QED) is 0.436. The molecular formula is C25H28Cl2N2O4S. The lowest BCUT2D eigenvalue weighted by Gasteiger charge is -2.25. The molecule has 2 heterocycles. The van der Waals surface area contributed by atoms with Crippen molar-refractivity contribution in [1.29, 1.82) is 0 Å². The molecule has 1 aromatic carbocycles. The second kappa shape index (κ2) is 11.5. The number of aliphatic carboxylic acids is 1. The predicted octanol–water partition coefficient (Wildman–Crippen LogP) is 5.77. The Morgan fingerprint density at radius 2 is 1.91 bits per heavy atom. The van der Waals surface area contributed by atoms with Gasteiger partial charge < -0.3 is 15.0 Å². The van der Waals surface area contributed by atoms with Crippen molar-refractivity contribution in [1.82, 2.24) is 9.88 Å². The minimum atomic E-state index is -1.02. The lowest BCUT2D eigenvalue weighted by atomic mass is 9.96. The number of aryl methyl sites for hydroxylation is 1. The summed E-state index contributed by atoms with van der Waals surface area (Å²) in [6, 6.07) is 7.14. The minimum absolute atomic E-state index is 0.0735. The number of pyridine rings is 1. The molecule has 1 aliphatic rings.